The highest BCUT2D eigenvalue weighted by atomic mass is 79.9. The monoisotopic (exact) mass is 620 g/mol. The fourth-order valence-electron chi connectivity index (χ4n) is 3.85. The summed E-state index contributed by atoms with van der Waals surface area (Å²) in [7, 11) is 3.13. The summed E-state index contributed by atoms with van der Waals surface area (Å²) in [6.45, 7) is 2.58. The Labute approximate surface area is 244 Å². The summed E-state index contributed by atoms with van der Waals surface area (Å²) >= 11 is 4.44. The molecule has 0 amide bonds. The molecule has 204 valence electrons. The standard InChI is InChI=1S/C29H25BrN4O5S/c1-4-34-27(21-12-23(37-2)15-24(13-21)38-3)32-33-29(34)40-26(28(35)36)14-20-11-22(30)9-10-25(20)39-17-19-8-6-5-7-18(19)16-31/h5-15H,4,17H2,1-3H3,(H,35,36)/b26-14-. The van der Waals surface area contributed by atoms with Gasteiger partial charge in [0.1, 0.15) is 28.8 Å². The molecule has 4 rings (SSSR count). The summed E-state index contributed by atoms with van der Waals surface area (Å²) in [4.78, 5) is 12.4. The second kappa shape index (κ2) is 13.2. The number of hydrogen-bond acceptors (Lipinski definition) is 8. The number of thioether (sulfide) groups is 1. The highest BCUT2D eigenvalue weighted by Gasteiger charge is 2.20. The number of carboxylic acid groups (broad SMARTS) is 1. The van der Waals surface area contributed by atoms with Crippen LogP contribution in [-0.2, 0) is 17.9 Å². The van der Waals surface area contributed by atoms with Crippen LogP contribution in [0.5, 0.6) is 17.2 Å². The molecule has 0 radical (unpaired) electrons. The van der Waals surface area contributed by atoms with Crippen LogP contribution in [0.1, 0.15) is 23.6 Å². The maximum atomic E-state index is 12.3. The quantitative estimate of drug-likeness (QED) is 0.150. The average Bonchev–Trinajstić information content (AvgIpc) is 3.38. The zero-order valence-corrected chi connectivity index (χ0v) is 24.3. The molecule has 0 aliphatic rings. The Balaban J connectivity index is 1.67. The average molecular weight is 622 g/mol. The van der Waals surface area contributed by atoms with Crippen LogP contribution in [0, 0.1) is 11.3 Å². The van der Waals surface area contributed by atoms with Gasteiger partial charge in [0.15, 0.2) is 11.0 Å². The van der Waals surface area contributed by atoms with Crippen LogP contribution in [0.15, 0.2) is 75.2 Å². The maximum Gasteiger partial charge on any atom is 0.342 e. The van der Waals surface area contributed by atoms with Crippen LogP contribution in [0.3, 0.4) is 0 Å². The third-order valence-corrected chi connectivity index (χ3v) is 7.32. The molecule has 11 heteroatoms. The molecule has 0 bridgehead atoms. The van der Waals surface area contributed by atoms with E-state index in [2.05, 4.69) is 32.2 Å². The second-order valence-electron chi connectivity index (χ2n) is 8.31. The first-order chi connectivity index (χ1) is 19.4. The van der Waals surface area contributed by atoms with Crippen molar-refractivity contribution in [3.05, 3.63) is 86.7 Å². The Morgan fingerprint density at radius 1 is 1.10 bits per heavy atom. The topological polar surface area (TPSA) is 119 Å². The molecule has 3 aromatic carbocycles. The Morgan fingerprint density at radius 2 is 1.82 bits per heavy atom. The minimum absolute atomic E-state index is 0.0252. The molecular weight excluding hydrogens is 596 g/mol. The van der Waals surface area contributed by atoms with Crippen molar-refractivity contribution >= 4 is 39.7 Å². The van der Waals surface area contributed by atoms with Gasteiger partial charge in [-0.3, -0.25) is 0 Å². The van der Waals surface area contributed by atoms with Gasteiger partial charge in [0.05, 0.1) is 25.9 Å². The lowest BCUT2D eigenvalue weighted by Gasteiger charge is -2.12. The molecule has 0 saturated heterocycles. The molecule has 9 nitrogen and oxygen atoms in total. The number of rotatable bonds is 11. The first kappa shape index (κ1) is 28.7. The third-order valence-electron chi connectivity index (χ3n) is 5.83. The number of aliphatic carboxylic acids is 1. The number of methoxy groups -OCH3 is 2. The largest absolute Gasteiger partial charge is 0.497 e. The molecule has 4 aromatic rings. The summed E-state index contributed by atoms with van der Waals surface area (Å²) < 4.78 is 19.4. The van der Waals surface area contributed by atoms with Crippen LogP contribution in [0.4, 0.5) is 0 Å². The Kier molecular flexibility index (Phi) is 9.47. The molecule has 0 aliphatic carbocycles. The number of nitriles is 1. The number of carbonyl (C=O) groups is 1. The molecule has 0 atom stereocenters. The predicted molar refractivity (Wildman–Crippen MR) is 155 cm³/mol. The van der Waals surface area contributed by atoms with Gasteiger partial charge in [-0.1, -0.05) is 34.1 Å². The number of nitrogens with zero attached hydrogens (tertiary/aromatic N) is 4. The van der Waals surface area contributed by atoms with E-state index in [1.807, 2.05) is 35.8 Å². The van der Waals surface area contributed by atoms with E-state index < -0.39 is 5.97 Å². The first-order valence-corrected chi connectivity index (χ1v) is 13.7. The first-order valence-electron chi connectivity index (χ1n) is 12.1. The fourth-order valence-corrected chi connectivity index (χ4v) is 5.10. The van der Waals surface area contributed by atoms with E-state index in [0.29, 0.717) is 45.9 Å². The Bertz CT molecular complexity index is 1590. The van der Waals surface area contributed by atoms with Gasteiger partial charge in [-0.05, 0) is 61.2 Å². The van der Waals surface area contributed by atoms with Gasteiger partial charge in [0.2, 0.25) is 0 Å². The summed E-state index contributed by atoms with van der Waals surface area (Å²) in [5.74, 6) is 1.09. The summed E-state index contributed by atoms with van der Waals surface area (Å²) in [6.07, 6.45) is 1.53. The number of hydrogen-bond donors (Lipinski definition) is 1. The Morgan fingerprint density at radius 3 is 2.48 bits per heavy atom. The van der Waals surface area contributed by atoms with E-state index in [1.165, 1.54) is 6.08 Å². The van der Waals surface area contributed by atoms with Gasteiger partial charge < -0.3 is 23.9 Å². The molecule has 1 aromatic heterocycles. The van der Waals surface area contributed by atoms with E-state index in [-0.39, 0.29) is 11.5 Å². The SMILES string of the molecule is CCn1c(S/C(=C\c2cc(Br)ccc2OCc2ccccc2C#N)C(=O)O)nnc1-c1cc(OC)cc(OC)c1. The molecule has 0 unspecified atom stereocenters. The van der Waals surface area contributed by atoms with Crippen molar-refractivity contribution in [2.24, 2.45) is 0 Å². The Hall–Kier alpha value is -4.27. The van der Waals surface area contributed by atoms with Gasteiger partial charge in [0, 0.05) is 33.8 Å². The zero-order valence-electron chi connectivity index (χ0n) is 21.9. The van der Waals surface area contributed by atoms with Crippen LogP contribution in [0.25, 0.3) is 17.5 Å². The molecule has 0 spiro atoms. The van der Waals surface area contributed by atoms with Crippen molar-refractivity contribution in [1.29, 1.82) is 5.26 Å². The number of benzene rings is 3. The van der Waals surface area contributed by atoms with Gasteiger partial charge in [0.25, 0.3) is 0 Å². The minimum Gasteiger partial charge on any atom is -0.497 e. The number of aromatic nitrogens is 3. The van der Waals surface area contributed by atoms with Gasteiger partial charge in [-0.25, -0.2) is 4.79 Å². The lowest BCUT2D eigenvalue weighted by molar-refractivity contribution is -0.131. The predicted octanol–water partition coefficient (Wildman–Crippen LogP) is 6.41. The van der Waals surface area contributed by atoms with Crippen molar-refractivity contribution in [3.8, 4) is 34.7 Å². The molecule has 1 N–H and O–H groups in total. The molecule has 0 aliphatic heterocycles. The highest BCUT2D eigenvalue weighted by Crippen LogP contribution is 2.35. The third kappa shape index (κ3) is 6.65. The molecule has 40 heavy (non-hydrogen) atoms. The van der Waals surface area contributed by atoms with E-state index in [0.717, 1.165) is 27.4 Å². The normalized spacial score (nSPS) is 11.1. The minimum atomic E-state index is -1.12. The van der Waals surface area contributed by atoms with Gasteiger partial charge >= 0.3 is 5.97 Å². The highest BCUT2D eigenvalue weighted by molar-refractivity contribution is 9.10. The van der Waals surface area contributed by atoms with E-state index in [1.54, 1.807) is 50.6 Å². The zero-order chi connectivity index (χ0) is 28.6. The lowest BCUT2D eigenvalue weighted by atomic mass is 10.1. The van der Waals surface area contributed by atoms with E-state index >= 15 is 0 Å². The molecule has 0 fully saturated rings. The maximum absolute atomic E-state index is 12.3. The van der Waals surface area contributed by atoms with Crippen molar-refractivity contribution in [2.45, 2.75) is 25.2 Å². The lowest BCUT2D eigenvalue weighted by Crippen LogP contribution is -2.03. The van der Waals surface area contributed by atoms with Crippen LogP contribution < -0.4 is 14.2 Å². The summed E-state index contributed by atoms with van der Waals surface area (Å²) in [6, 6.07) is 20.0. The summed E-state index contributed by atoms with van der Waals surface area (Å²) in [5, 5.41) is 28.5. The smallest absolute Gasteiger partial charge is 0.342 e. The van der Waals surface area contributed by atoms with E-state index in [4.69, 9.17) is 14.2 Å². The van der Waals surface area contributed by atoms with Crippen LogP contribution >= 0.6 is 27.7 Å². The number of ether oxygens (including phenoxy) is 3. The van der Waals surface area contributed by atoms with E-state index in [9.17, 15) is 15.2 Å². The molecular formula is C29H25BrN4O5S. The van der Waals surface area contributed by atoms with Crippen molar-refractivity contribution in [3.63, 3.8) is 0 Å². The van der Waals surface area contributed by atoms with Crippen LogP contribution in [-0.4, -0.2) is 40.1 Å². The fraction of sp³-hybridized carbons (Fsp3) is 0.172. The van der Waals surface area contributed by atoms with Crippen molar-refractivity contribution in [1.82, 2.24) is 14.8 Å². The van der Waals surface area contributed by atoms with Crippen LogP contribution in [0.2, 0.25) is 0 Å². The van der Waals surface area contributed by atoms with Gasteiger partial charge in [-0.2, -0.15) is 5.26 Å². The number of halogens is 1. The molecule has 0 saturated carbocycles. The molecule has 1 heterocycles. The number of carboxylic acids is 1. The van der Waals surface area contributed by atoms with Crippen molar-refractivity contribution in [2.75, 3.05) is 14.2 Å². The van der Waals surface area contributed by atoms with Crippen molar-refractivity contribution < 1.29 is 24.1 Å². The van der Waals surface area contributed by atoms with Gasteiger partial charge in [-0.15, -0.1) is 10.2 Å². The second-order valence-corrected chi connectivity index (χ2v) is 10.2. The summed E-state index contributed by atoms with van der Waals surface area (Å²) in [5.41, 5.74) is 2.52.